The fraction of sp³-hybridized carbons (Fsp3) is 0.375. The average molecular weight is 415 g/mol. The number of fused-ring (bicyclic) bond motifs is 1. The van der Waals surface area contributed by atoms with Crippen LogP contribution in [0.2, 0.25) is 5.02 Å². The van der Waals surface area contributed by atoms with Gasteiger partial charge >= 0.3 is 0 Å². The molecule has 8 heteroatoms. The van der Waals surface area contributed by atoms with Gasteiger partial charge in [-0.3, -0.25) is 4.90 Å². The number of halogens is 3. The first-order valence-corrected chi connectivity index (χ1v) is 8.38. The number of rotatable bonds is 3. The van der Waals surface area contributed by atoms with Crippen molar-refractivity contribution in [3.8, 4) is 11.9 Å². The first-order valence-electron chi connectivity index (χ1n) is 7.21. The predicted octanol–water partition coefficient (Wildman–Crippen LogP) is 3.37. The van der Waals surface area contributed by atoms with Gasteiger partial charge in [-0.05, 0) is 35.1 Å². The summed E-state index contributed by atoms with van der Waals surface area (Å²) in [7, 11) is 3.56. The molecule has 0 bridgehead atoms. The number of pyridine rings is 1. The number of nitrogens with zero attached hydrogens (tertiary/aromatic N) is 3. The van der Waals surface area contributed by atoms with E-state index in [1.165, 1.54) is 6.07 Å². The molecule has 3 rings (SSSR count). The van der Waals surface area contributed by atoms with E-state index in [9.17, 15) is 9.65 Å². The van der Waals surface area contributed by atoms with Gasteiger partial charge in [0, 0.05) is 25.6 Å². The first kappa shape index (κ1) is 17.4. The monoisotopic (exact) mass is 413 g/mol. The number of hydrogen-bond acceptors (Lipinski definition) is 5. The van der Waals surface area contributed by atoms with Gasteiger partial charge in [0.15, 0.2) is 5.82 Å². The van der Waals surface area contributed by atoms with Crippen molar-refractivity contribution in [1.82, 2.24) is 9.88 Å². The van der Waals surface area contributed by atoms with Gasteiger partial charge in [-0.2, -0.15) is 5.26 Å². The second-order valence-electron chi connectivity index (χ2n) is 5.66. The Labute approximate surface area is 152 Å². The van der Waals surface area contributed by atoms with Crippen LogP contribution in [-0.2, 0) is 4.74 Å². The number of likely N-dealkylation sites (tertiary alicyclic amines) is 1. The van der Waals surface area contributed by atoms with E-state index in [0.717, 1.165) is 0 Å². The molecule has 1 saturated heterocycles. The highest BCUT2D eigenvalue weighted by molar-refractivity contribution is 9.10. The van der Waals surface area contributed by atoms with Crippen LogP contribution in [0, 0.1) is 17.1 Å². The zero-order valence-electron chi connectivity index (χ0n) is 13.0. The van der Waals surface area contributed by atoms with Gasteiger partial charge in [-0.15, -0.1) is 0 Å². The van der Waals surface area contributed by atoms with E-state index in [4.69, 9.17) is 21.1 Å². The maximum Gasteiger partial charge on any atom is 0.232 e. The molecule has 2 aromatic rings. The molecular formula is C16H14BrClFN3O2. The molecule has 1 aromatic carbocycles. The molecule has 0 aliphatic carbocycles. The molecule has 0 spiro atoms. The first-order chi connectivity index (χ1) is 11.4. The third-order valence-electron chi connectivity index (χ3n) is 3.99. The predicted molar refractivity (Wildman–Crippen MR) is 91.8 cm³/mol. The number of hydrogen-bond donors (Lipinski definition) is 0. The molecule has 0 unspecified atom stereocenters. The summed E-state index contributed by atoms with van der Waals surface area (Å²) in [6.45, 7) is 1.35. The summed E-state index contributed by atoms with van der Waals surface area (Å²) in [6.07, 6.45) is -0.420. The Hall–Kier alpha value is -1.46. The highest BCUT2D eigenvalue weighted by atomic mass is 79.9. The fourth-order valence-corrected chi connectivity index (χ4v) is 3.29. The van der Waals surface area contributed by atoms with E-state index in [0.29, 0.717) is 18.5 Å². The van der Waals surface area contributed by atoms with Crippen LogP contribution in [0.15, 0.2) is 16.6 Å². The Balaban J connectivity index is 2.06. The van der Waals surface area contributed by atoms with Crippen LogP contribution in [-0.4, -0.2) is 49.3 Å². The van der Waals surface area contributed by atoms with Crippen molar-refractivity contribution in [1.29, 1.82) is 5.26 Å². The lowest BCUT2D eigenvalue weighted by Gasteiger charge is -2.19. The molecule has 2 atom stereocenters. The molecule has 0 amide bonds. The number of methoxy groups -OCH3 is 1. The topological polar surface area (TPSA) is 58.4 Å². The van der Waals surface area contributed by atoms with Gasteiger partial charge < -0.3 is 9.47 Å². The molecule has 5 nitrogen and oxygen atoms in total. The third-order valence-corrected chi connectivity index (χ3v) is 5.30. The van der Waals surface area contributed by atoms with Crippen LogP contribution >= 0.6 is 27.5 Å². The van der Waals surface area contributed by atoms with Crippen molar-refractivity contribution in [2.45, 2.75) is 12.2 Å². The Kier molecular flexibility index (Phi) is 4.92. The SMILES string of the molecule is CO[C@@H]1CN(C)C[C@H]1Oc1nc2c(F)c(Br)c(Cl)cc2cc1C#N. The van der Waals surface area contributed by atoms with Crippen molar-refractivity contribution >= 4 is 38.4 Å². The van der Waals surface area contributed by atoms with Gasteiger partial charge in [0.2, 0.25) is 5.88 Å². The Morgan fingerprint density at radius 2 is 2.12 bits per heavy atom. The van der Waals surface area contributed by atoms with Gasteiger partial charge in [0.05, 0.1) is 9.50 Å². The summed E-state index contributed by atoms with van der Waals surface area (Å²) in [5, 5.41) is 10.0. The Bertz CT molecular complexity index is 842. The smallest absolute Gasteiger partial charge is 0.232 e. The average Bonchev–Trinajstić information content (AvgIpc) is 2.92. The van der Waals surface area contributed by atoms with Crippen LogP contribution in [0.25, 0.3) is 10.9 Å². The lowest BCUT2D eigenvalue weighted by atomic mass is 10.1. The molecular weight excluding hydrogens is 401 g/mol. The van der Waals surface area contributed by atoms with Crippen molar-refractivity contribution in [2.75, 3.05) is 27.2 Å². The van der Waals surface area contributed by atoms with Crippen molar-refractivity contribution in [2.24, 2.45) is 0 Å². The second-order valence-corrected chi connectivity index (χ2v) is 6.86. The number of nitriles is 1. The molecule has 2 heterocycles. The molecule has 24 heavy (non-hydrogen) atoms. The summed E-state index contributed by atoms with van der Waals surface area (Å²) in [6, 6.07) is 5.13. The molecule has 1 aromatic heterocycles. The van der Waals surface area contributed by atoms with E-state index < -0.39 is 5.82 Å². The van der Waals surface area contributed by atoms with Gasteiger partial charge in [0.25, 0.3) is 0 Å². The lowest BCUT2D eigenvalue weighted by Crippen LogP contribution is -2.32. The van der Waals surface area contributed by atoms with Crippen molar-refractivity contribution in [3.63, 3.8) is 0 Å². The van der Waals surface area contributed by atoms with E-state index in [2.05, 4.69) is 25.8 Å². The number of likely N-dealkylation sites (N-methyl/N-ethyl adjacent to an activating group) is 1. The van der Waals surface area contributed by atoms with Gasteiger partial charge in [-0.25, -0.2) is 9.37 Å². The quantitative estimate of drug-likeness (QED) is 0.721. The van der Waals surface area contributed by atoms with Crippen molar-refractivity contribution < 1.29 is 13.9 Å². The standard InChI is InChI=1S/C16H14BrClFN3O2/c1-22-6-11(23-2)12(7-22)24-16-9(5-20)3-8-4-10(18)13(17)14(19)15(8)21-16/h3-4,11-12H,6-7H2,1-2H3/t11-,12-/m1/s1. The van der Waals surface area contributed by atoms with E-state index in [1.807, 2.05) is 13.1 Å². The normalized spacial score (nSPS) is 21.2. The maximum absolute atomic E-state index is 14.4. The molecule has 126 valence electrons. The van der Waals surface area contributed by atoms with E-state index >= 15 is 0 Å². The minimum absolute atomic E-state index is 0.0977. The summed E-state index contributed by atoms with van der Waals surface area (Å²) in [5.74, 6) is -0.487. The molecule has 0 radical (unpaired) electrons. The summed E-state index contributed by atoms with van der Waals surface area (Å²) >= 11 is 9.07. The highest BCUT2D eigenvalue weighted by Crippen LogP contribution is 2.34. The van der Waals surface area contributed by atoms with Crippen LogP contribution in [0.3, 0.4) is 0 Å². The minimum atomic E-state index is -0.585. The summed E-state index contributed by atoms with van der Waals surface area (Å²) in [4.78, 5) is 6.28. The van der Waals surface area contributed by atoms with Crippen LogP contribution < -0.4 is 4.74 Å². The molecule has 0 saturated carbocycles. The zero-order valence-corrected chi connectivity index (χ0v) is 15.4. The van der Waals surface area contributed by atoms with Crippen LogP contribution in [0.1, 0.15) is 5.56 Å². The van der Waals surface area contributed by atoms with Crippen LogP contribution in [0.4, 0.5) is 4.39 Å². The third kappa shape index (κ3) is 3.07. The van der Waals surface area contributed by atoms with Gasteiger partial charge in [-0.1, -0.05) is 11.6 Å². The highest BCUT2D eigenvalue weighted by Gasteiger charge is 2.33. The Morgan fingerprint density at radius 3 is 2.79 bits per heavy atom. The Morgan fingerprint density at radius 1 is 1.42 bits per heavy atom. The molecule has 0 N–H and O–H groups in total. The van der Waals surface area contributed by atoms with E-state index in [1.54, 1.807) is 13.2 Å². The zero-order chi connectivity index (χ0) is 17.4. The van der Waals surface area contributed by atoms with Crippen LogP contribution in [0.5, 0.6) is 5.88 Å². The number of ether oxygens (including phenoxy) is 2. The number of aromatic nitrogens is 1. The summed E-state index contributed by atoms with van der Waals surface area (Å²) in [5.41, 5.74) is 0.324. The molecule has 1 fully saturated rings. The molecule has 1 aliphatic rings. The second kappa shape index (κ2) is 6.81. The van der Waals surface area contributed by atoms with Gasteiger partial charge in [0.1, 0.15) is 29.4 Å². The largest absolute Gasteiger partial charge is 0.469 e. The summed E-state index contributed by atoms with van der Waals surface area (Å²) < 4.78 is 25.9. The fourth-order valence-electron chi connectivity index (χ4n) is 2.78. The minimum Gasteiger partial charge on any atom is -0.469 e. The lowest BCUT2D eigenvalue weighted by molar-refractivity contribution is 0.0321. The van der Waals surface area contributed by atoms with Crippen molar-refractivity contribution in [3.05, 3.63) is 33.0 Å². The van der Waals surface area contributed by atoms with E-state index in [-0.39, 0.29) is 38.7 Å². The molecule has 1 aliphatic heterocycles. The maximum atomic E-state index is 14.4. The number of benzene rings is 1.